The van der Waals surface area contributed by atoms with E-state index in [1.165, 1.54) is 11.0 Å². The number of rotatable bonds is 4. The maximum absolute atomic E-state index is 12.5. The minimum Gasteiger partial charge on any atom is -0.389 e. The van der Waals surface area contributed by atoms with Crippen LogP contribution in [-0.4, -0.2) is 39.6 Å². The summed E-state index contributed by atoms with van der Waals surface area (Å²) in [4.78, 5) is 29.1. The SMILES string of the molecule is CCN(CC(C)(C)O)C(=O)c1cc(=O)c2ccccc2[nH]1. The minimum atomic E-state index is -0.983. The largest absolute Gasteiger partial charge is 0.389 e. The maximum atomic E-state index is 12.5. The molecule has 1 amide bonds. The molecule has 0 unspecified atom stereocenters. The van der Waals surface area contributed by atoms with Crippen molar-refractivity contribution in [2.45, 2.75) is 26.4 Å². The van der Waals surface area contributed by atoms with E-state index >= 15 is 0 Å². The monoisotopic (exact) mass is 288 g/mol. The first kappa shape index (κ1) is 15.3. The molecule has 2 N–H and O–H groups in total. The van der Waals surface area contributed by atoms with Crippen LogP contribution in [0.3, 0.4) is 0 Å². The van der Waals surface area contributed by atoms with E-state index in [9.17, 15) is 14.7 Å². The molecule has 0 saturated heterocycles. The van der Waals surface area contributed by atoms with Crippen LogP contribution in [0, 0.1) is 0 Å². The molecule has 1 aromatic carbocycles. The smallest absolute Gasteiger partial charge is 0.270 e. The van der Waals surface area contributed by atoms with Gasteiger partial charge in [-0.25, -0.2) is 0 Å². The van der Waals surface area contributed by atoms with Gasteiger partial charge in [0, 0.05) is 30.1 Å². The predicted molar refractivity (Wildman–Crippen MR) is 82.4 cm³/mol. The normalized spacial score (nSPS) is 11.6. The van der Waals surface area contributed by atoms with Crippen molar-refractivity contribution >= 4 is 16.8 Å². The number of aliphatic hydroxyl groups is 1. The number of para-hydroxylation sites is 1. The van der Waals surface area contributed by atoms with E-state index in [0.717, 1.165) is 0 Å². The fourth-order valence-corrected chi connectivity index (χ4v) is 2.28. The van der Waals surface area contributed by atoms with Crippen LogP contribution in [0.5, 0.6) is 0 Å². The van der Waals surface area contributed by atoms with Crippen LogP contribution in [0.2, 0.25) is 0 Å². The van der Waals surface area contributed by atoms with Crippen molar-refractivity contribution in [1.29, 1.82) is 0 Å². The highest BCUT2D eigenvalue weighted by molar-refractivity contribution is 5.94. The molecule has 2 rings (SSSR count). The predicted octanol–water partition coefficient (Wildman–Crippen LogP) is 1.76. The summed E-state index contributed by atoms with van der Waals surface area (Å²) in [5, 5.41) is 10.4. The average Bonchev–Trinajstić information content (AvgIpc) is 2.43. The third-order valence-electron chi connectivity index (χ3n) is 3.21. The average molecular weight is 288 g/mol. The van der Waals surface area contributed by atoms with Crippen molar-refractivity contribution in [3.63, 3.8) is 0 Å². The molecular formula is C16H20N2O3. The van der Waals surface area contributed by atoms with Gasteiger partial charge < -0.3 is 15.0 Å². The topological polar surface area (TPSA) is 73.4 Å². The first-order valence-corrected chi connectivity index (χ1v) is 6.95. The minimum absolute atomic E-state index is 0.188. The number of likely N-dealkylation sites (N-methyl/N-ethyl adjacent to an activating group) is 1. The van der Waals surface area contributed by atoms with Gasteiger partial charge in [0.1, 0.15) is 5.69 Å². The summed E-state index contributed by atoms with van der Waals surface area (Å²) in [6, 6.07) is 8.39. The van der Waals surface area contributed by atoms with Crippen molar-refractivity contribution in [2.75, 3.05) is 13.1 Å². The molecular weight excluding hydrogens is 268 g/mol. The molecule has 2 aromatic rings. The summed E-state index contributed by atoms with van der Waals surface area (Å²) in [7, 11) is 0. The Kier molecular flexibility index (Phi) is 4.14. The van der Waals surface area contributed by atoms with Crippen LogP contribution in [0.1, 0.15) is 31.3 Å². The Labute approximate surface area is 123 Å². The number of nitrogens with one attached hydrogen (secondary N) is 1. The van der Waals surface area contributed by atoms with Gasteiger partial charge in [-0.1, -0.05) is 12.1 Å². The number of nitrogens with zero attached hydrogens (tertiary/aromatic N) is 1. The second-order valence-electron chi connectivity index (χ2n) is 5.72. The summed E-state index contributed by atoms with van der Waals surface area (Å²) in [6.45, 7) is 5.79. The molecule has 0 aliphatic rings. The summed E-state index contributed by atoms with van der Waals surface area (Å²) >= 11 is 0. The third kappa shape index (κ3) is 3.49. The number of hydrogen-bond acceptors (Lipinski definition) is 3. The van der Waals surface area contributed by atoms with Gasteiger partial charge in [0.15, 0.2) is 5.43 Å². The number of fused-ring (bicyclic) bond motifs is 1. The van der Waals surface area contributed by atoms with E-state index < -0.39 is 5.60 Å². The Balaban J connectivity index is 2.41. The van der Waals surface area contributed by atoms with E-state index in [-0.39, 0.29) is 23.6 Å². The molecule has 0 fully saturated rings. The number of H-pyrrole nitrogens is 1. The number of pyridine rings is 1. The van der Waals surface area contributed by atoms with E-state index in [0.29, 0.717) is 17.4 Å². The van der Waals surface area contributed by atoms with Crippen molar-refractivity contribution in [2.24, 2.45) is 0 Å². The van der Waals surface area contributed by atoms with Gasteiger partial charge in [0.05, 0.1) is 5.60 Å². The highest BCUT2D eigenvalue weighted by Gasteiger charge is 2.23. The molecule has 0 spiro atoms. The fraction of sp³-hybridized carbons (Fsp3) is 0.375. The van der Waals surface area contributed by atoms with Crippen LogP contribution < -0.4 is 5.43 Å². The molecule has 0 aliphatic heterocycles. The van der Waals surface area contributed by atoms with E-state index in [1.54, 1.807) is 38.1 Å². The number of amides is 1. The van der Waals surface area contributed by atoms with Crippen LogP contribution in [0.25, 0.3) is 10.9 Å². The number of aromatic nitrogens is 1. The molecule has 0 radical (unpaired) electrons. The van der Waals surface area contributed by atoms with Gasteiger partial charge in [-0.05, 0) is 32.9 Å². The standard InChI is InChI=1S/C16H20N2O3/c1-4-18(10-16(2,3)21)15(20)13-9-14(19)11-7-5-6-8-12(11)17-13/h5-9,21H,4,10H2,1-3H3,(H,17,19). The van der Waals surface area contributed by atoms with Gasteiger partial charge in [0.25, 0.3) is 5.91 Å². The van der Waals surface area contributed by atoms with Crippen molar-refractivity contribution in [1.82, 2.24) is 9.88 Å². The molecule has 0 saturated carbocycles. The highest BCUT2D eigenvalue weighted by Crippen LogP contribution is 2.11. The lowest BCUT2D eigenvalue weighted by atomic mass is 10.1. The first-order valence-electron chi connectivity index (χ1n) is 6.95. The fourth-order valence-electron chi connectivity index (χ4n) is 2.28. The molecule has 5 nitrogen and oxygen atoms in total. The Morgan fingerprint density at radius 3 is 2.62 bits per heavy atom. The van der Waals surface area contributed by atoms with Crippen LogP contribution in [-0.2, 0) is 0 Å². The summed E-state index contributed by atoms with van der Waals surface area (Å²) in [5.74, 6) is -0.289. The lowest BCUT2D eigenvalue weighted by molar-refractivity contribution is 0.0312. The Morgan fingerprint density at radius 1 is 1.33 bits per heavy atom. The lowest BCUT2D eigenvalue weighted by Gasteiger charge is -2.28. The second kappa shape index (κ2) is 5.69. The molecule has 0 bridgehead atoms. The molecule has 0 aliphatic carbocycles. The number of aromatic amines is 1. The molecule has 1 aromatic heterocycles. The Morgan fingerprint density at radius 2 is 2.00 bits per heavy atom. The molecule has 21 heavy (non-hydrogen) atoms. The van der Waals surface area contributed by atoms with E-state index in [4.69, 9.17) is 0 Å². The number of carbonyl (C=O) groups is 1. The zero-order valence-electron chi connectivity index (χ0n) is 12.5. The zero-order chi connectivity index (χ0) is 15.6. The lowest BCUT2D eigenvalue weighted by Crippen LogP contribution is -2.42. The summed E-state index contributed by atoms with van der Waals surface area (Å²) in [6.07, 6.45) is 0. The molecule has 112 valence electrons. The van der Waals surface area contributed by atoms with Crippen LogP contribution in [0.4, 0.5) is 0 Å². The first-order chi connectivity index (χ1) is 9.81. The summed E-state index contributed by atoms with van der Waals surface area (Å²) < 4.78 is 0. The van der Waals surface area contributed by atoms with Gasteiger partial charge in [-0.2, -0.15) is 0 Å². The number of hydrogen-bond donors (Lipinski definition) is 2. The quantitative estimate of drug-likeness (QED) is 0.900. The van der Waals surface area contributed by atoms with Crippen molar-refractivity contribution in [3.8, 4) is 0 Å². The summed E-state index contributed by atoms with van der Waals surface area (Å²) in [5.41, 5.74) is -0.299. The van der Waals surface area contributed by atoms with Crippen molar-refractivity contribution < 1.29 is 9.90 Å². The third-order valence-corrected chi connectivity index (χ3v) is 3.21. The molecule has 1 heterocycles. The second-order valence-corrected chi connectivity index (χ2v) is 5.72. The van der Waals surface area contributed by atoms with Gasteiger partial charge in [-0.15, -0.1) is 0 Å². The van der Waals surface area contributed by atoms with Crippen molar-refractivity contribution in [3.05, 3.63) is 46.2 Å². The van der Waals surface area contributed by atoms with Crippen LogP contribution in [0.15, 0.2) is 35.1 Å². The number of carbonyl (C=O) groups excluding carboxylic acids is 1. The zero-order valence-corrected chi connectivity index (χ0v) is 12.5. The molecule has 0 atom stereocenters. The van der Waals surface area contributed by atoms with Gasteiger partial charge in [-0.3, -0.25) is 9.59 Å². The Hall–Kier alpha value is -2.14. The maximum Gasteiger partial charge on any atom is 0.270 e. The highest BCUT2D eigenvalue weighted by atomic mass is 16.3. The molecule has 5 heteroatoms. The van der Waals surface area contributed by atoms with Gasteiger partial charge in [0.2, 0.25) is 0 Å². The van der Waals surface area contributed by atoms with E-state index in [2.05, 4.69) is 4.98 Å². The number of benzene rings is 1. The Bertz CT molecular complexity index is 713. The van der Waals surface area contributed by atoms with Crippen LogP contribution >= 0.6 is 0 Å². The van der Waals surface area contributed by atoms with E-state index in [1.807, 2.05) is 6.92 Å². The van der Waals surface area contributed by atoms with Gasteiger partial charge >= 0.3 is 0 Å².